The molecule has 4 fully saturated rings. The summed E-state index contributed by atoms with van der Waals surface area (Å²) in [5.74, 6) is -2.19. The summed E-state index contributed by atoms with van der Waals surface area (Å²) in [6, 6.07) is 11.1. The molecule has 1 unspecified atom stereocenters. The number of carbonyl (C=O) groups is 5. The Morgan fingerprint density at radius 3 is 2.29 bits per heavy atom. The predicted octanol–water partition coefficient (Wildman–Crippen LogP) is 6.44. The van der Waals surface area contributed by atoms with Gasteiger partial charge in [-0.15, -0.1) is 0 Å². The number of anilines is 2. The molecule has 1 aliphatic carbocycles. The number of rotatable bonds is 8. The average molecular weight is 869 g/mol. The summed E-state index contributed by atoms with van der Waals surface area (Å²) in [7, 11) is 0. The second-order valence-electron chi connectivity index (χ2n) is 18.6. The number of pyridine rings is 1. The van der Waals surface area contributed by atoms with Crippen LogP contribution in [0.25, 0.3) is 10.9 Å². The maximum atomic E-state index is 13.4. The van der Waals surface area contributed by atoms with E-state index in [1.165, 1.54) is 31.7 Å². The van der Waals surface area contributed by atoms with Gasteiger partial charge < -0.3 is 20.2 Å². The summed E-state index contributed by atoms with van der Waals surface area (Å²) in [5, 5.41) is 21.5. The van der Waals surface area contributed by atoms with E-state index in [1.54, 1.807) is 38.1 Å². The maximum absolute atomic E-state index is 13.4. The number of piperidine rings is 3. The van der Waals surface area contributed by atoms with Gasteiger partial charge in [-0.2, -0.15) is 18.3 Å². The van der Waals surface area contributed by atoms with Gasteiger partial charge in [0.25, 0.3) is 17.7 Å². The van der Waals surface area contributed by atoms with Crippen LogP contribution in [0.3, 0.4) is 0 Å². The number of hydrogen-bond donors (Lipinski definition) is 3. The third-order valence-corrected chi connectivity index (χ3v) is 14.1. The largest absolute Gasteiger partial charge is 0.433 e. The monoisotopic (exact) mass is 868 g/mol. The highest BCUT2D eigenvalue weighted by molar-refractivity contribution is 6.23. The van der Waals surface area contributed by atoms with Gasteiger partial charge in [0.05, 0.1) is 28.3 Å². The second-order valence-corrected chi connectivity index (χ2v) is 18.6. The number of halogens is 3. The maximum Gasteiger partial charge on any atom is 0.433 e. The number of fused-ring (bicyclic) bond motifs is 2. The molecule has 6 heterocycles. The van der Waals surface area contributed by atoms with Gasteiger partial charge in [0.2, 0.25) is 11.8 Å². The number of hydrogen-bond acceptors (Lipinski definition) is 10. The number of nitrogens with zero attached hydrogens (tertiary/aromatic N) is 6. The Balaban J connectivity index is 0.765. The van der Waals surface area contributed by atoms with Gasteiger partial charge in [-0.1, -0.05) is 6.07 Å². The zero-order valence-electron chi connectivity index (χ0n) is 35.3. The Bertz CT molecular complexity index is 2490. The molecule has 4 aliphatic heterocycles. The molecule has 14 nitrogen and oxygen atoms in total. The van der Waals surface area contributed by atoms with Gasteiger partial charge in [0.1, 0.15) is 17.4 Å². The Kier molecular flexibility index (Phi) is 10.9. The van der Waals surface area contributed by atoms with E-state index >= 15 is 0 Å². The summed E-state index contributed by atoms with van der Waals surface area (Å²) in [6.45, 7) is 7.82. The smallest absolute Gasteiger partial charge is 0.386 e. The summed E-state index contributed by atoms with van der Waals surface area (Å²) in [4.78, 5) is 73.2. The first-order valence-corrected chi connectivity index (χ1v) is 21.9. The quantitative estimate of drug-likeness (QED) is 0.168. The molecule has 1 spiro atoms. The van der Waals surface area contributed by atoms with Gasteiger partial charge in [-0.25, -0.2) is 4.98 Å². The highest BCUT2D eigenvalue weighted by Gasteiger charge is 2.45. The van der Waals surface area contributed by atoms with Gasteiger partial charge >= 0.3 is 6.18 Å². The molecule has 63 heavy (non-hydrogen) atoms. The number of benzene rings is 2. The summed E-state index contributed by atoms with van der Waals surface area (Å²) < 4.78 is 41.8. The van der Waals surface area contributed by atoms with Crippen LogP contribution in [-0.2, 0) is 21.4 Å². The number of likely N-dealkylation sites (tertiary alicyclic amines) is 1. The number of alkyl halides is 3. The van der Waals surface area contributed by atoms with Gasteiger partial charge in [-0.05, 0) is 125 Å². The molecule has 3 N–H and O–H groups in total. The molecule has 4 aromatic rings. The number of aromatic nitrogens is 3. The molecular weight excluding hydrogens is 818 g/mol. The number of nitrogens with one attached hydrogen (secondary N) is 2. The Hall–Kier alpha value is -5.68. The molecule has 5 amide bonds. The standard InChI is InChI=1S/C46H51F3N8O6/c1-44(2,63)33-24-35-28(22-36(33)51-40(59)34-4-3-5-38(50-34)46(47,48)49)26-56(53-35)29-12-18-54(19-13-29)25-27-10-14-45(15-11-27)16-20-55(21-17-45)30-6-7-31-32(23-30)43(62)57(42(31)61)37-8-9-39(58)52-41(37)60/h3-7,22-24,26-27,29,37,63H,8-21,25H2,1-2H3,(H,51,59)(H,52,58,60). The van der Waals surface area contributed by atoms with E-state index in [0.717, 1.165) is 86.5 Å². The summed E-state index contributed by atoms with van der Waals surface area (Å²) in [6.07, 6.45) is 6.14. The average Bonchev–Trinajstić information content (AvgIpc) is 3.78. The van der Waals surface area contributed by atoms with Crippen molar-refractivity contribution in [2.45, 2.75) is 102 Å². The third kappa shape index (κ3) is 8.44. The zero-order valence-corrected chi connectivity index (χ0v) is 35.3. The van der Waals surface area contributed by atoms with Crippen LogP contribution in [-0.4, -0.2) is 98.0 Å². The first-order chi connectivity index (χ1) is 29.9. The van der Waals surface area contributed by atoms with Crippen molar-refractivity contribution in [3.05, 3.63) is 82.8 Å². The van der Waals surface area contributed by atoms with Crippen LogP contribution in [0, 0.1) is 11.3 Å². The van der Waals surface area contributed by atoms with E-state index in [2.05, 4.69) is 25.4 Å². The van der Waals surface area contributed by atoms with Crippen molar-refractivity contribution in [2.75, 3.05) is 42.9 Å². The summed E-state index contributed by atoms with van der Waals surface area (Å²) in [5.41, 5.74) is 0.157. The van der Waals surface area contributed by atoms with Crippen LogP contribution in [0.4, 0.5) is 24.5 Å². The summed E-state index contributed by atoms with van der Waals surface area (Å²) >= 11 is 0. The van der Waals surface area contributed by atoms with Crippen molar-refractivity contribution >= 4 is 51.8 Å². The van der Waals surface area contributed by atoms with Crippen molar-refractivity contribution in [3.8, 4) is 0 Å². The Morgan fingerprint density at radius 1 is 0.889 bits per heavy atom. The molecule has 1 atom stereocenters. The first kappa shape index (κ1) is 42.6. The number of aliphatic hydroxyl groups is 1. The van der Waals surface area contributed by atoms with E-state index in [9.17, 15) is 42.3 Å². The van der Waals surface area contributed by atoms with E-state index in [-0.39, 0.29) is 30.3 Å². The fourth-order valence-electron chi connectivity index (χ4n) is 10.4. The SMILES string of the molecule is CC(C)(O)c1cc2nn(C3CCN(CC4CCC5(CC4)CCN(c4ccc6c(c4)C(=O)N(C4CCC(=O)NC4=O)C6=O)CC5)CC3)cc2cc1NC(=O)c1cccc(C(F)(F)F)n1. The van der Waals surface area contributed by atoms with Gasteiger partial charge in [0, 0.05) is 67.7 Å². The van der Waals surface area contributed by atoms with Crippen molar-refractivity contribution in [2.24, 2.45) is 11.3 Å². The van der Waals surface area contributed by atoms with Crippen molar-refractivity contribution in [1.29, 1.82) is 0 Å². The minimum Gasteiger partial charge on any atom is -0.386 e. The molecule has 17 heteroatoms. The van der Waals surface area contributed by atoms with Crippen molar-refractivity contribution in [1.82, 2.24) is 29.9 Å². The van der Waals surface area contributed by atoms with Crippen LogP contribution in [0.1, 0.15) is 127 Å². The molecular formula is C46H51F3N8O6. The molecule has 3 saturated heterocycles. The molecule has 2 aromatic carbocycles. The molecule has 0 radical (unpaired) electrons. The lowest BCUT2D eigenvalue weighted by molar-refractivity contribution is -0.141. The molecule has 9 rings (SSSR count). The predicted molar refractivity (Wildman–Crippen MR) is 226 cm³/mol. The van der Waals surface area contributed by atoms with Gasteiger partial charge in [-0.3, -0.25) is 38.9 Å². The highest BCUT2D eigenvalue weighted by atomic mass is 19.4. The van der Waals surface area contributed by atoms with Crippen molar-refractivity contribution < 1.29 is 42.3 Å². The minimum absolute atomic E-state index is 0.0823. The highest BCUT2D eigenvalue weighted by Crippen LogP contribution is 2.47. The van der Waals surface area contributed by atoms with E-state index in [0.29, 0.717) is 33.5 Å². The van der Waals surface area contributed by atoms with Crippen LogP contribution in [0.2, 0.25) is 0 Å². The number of carbonyl (C=O) groups excluding carboxylic acids is 5. The molecule has 1 saturated carbocycles. The van der Waals surface area contributed by atoms with Crippen molar-refractivity contribution in [3.63, 3.8) is 0 Å². The lowest BCUT2D eigenvalue weighted by Crippen LogP contribution is -2.54. The molecule has 0 bridgehead atoms. The fraction of sp³-hybridized carbons (Fsp3) is 0.500. The van der Waals surface area contributed by atoms with Crippen LogP contribution in [0.15, 0.2) is 54.7 Å². The lowest BCUT2D eigenvalue weighted by atomic mass is 9.65. The van der Waals surface area contributed by atoms with E-state index in [1.807, 2.05) is 16.9 Å². The van der Waals surface area contributed by atoms with E-state index < -0.39 is 53.0 Å². The first-order valence-electron chi connectivity index (χ1n) is 21.9. The number of amides is 5. The van der Waals surface area contributed by atoms with E-state index in [4.69, 9.17) is 5.10 Å². The Morgan fingerprint density at radius 2 is 1.60 bits per heavy atom. The van der Waals surface area contributed by atoms with Gasteiger partial charge in [0.15, 0.2) is 0 Å². The topological polar surface area (TPSA) is 170 Å². The van der Waals surface area contributed by atoms with Crippen LogP contribution >= 0.6 is 0 Å². The number of imide groups is 2. The Labute approximate surface area is 362 Å². The third-order valence-electron chi connectivity index (χ3n) is 14.1. The fourth-order valence-corrected chi connectivity index (χ4v) is 10.4. The van der Waals surface area contributed by atoms with Crippen LogP contribution < -0.4 is 15.5 Å². The lowest BCUT2D eigenvalue weighted by Gasteiger charge is -2.47. The molecule has 332 valence electrons. The molecule has 5 aliphatic rings. The second kappa shape index (κ2) is 16.1. The molecule has 2 aromatic heterocycles. The minimum atomic E-state index is -4.70. The van der Waals surface area contributed by atoms with Crippen LogP contribution in [0.5, 0.6) is 0 Å². The zero-order chi connectivity index (χ0) is 44.4. The normalized spacial score (nSPS) is 21.7.